The van der Waals surface area contributed by atoms with E-state index in [1.54, 1.807) is 27.2 Å². The van der Waals surface area contributed by atoms with Crippen molar-refractivity contribution >= 4 is 5.91 Å². The predicted octanol–water partition coefficient (Wildman–Crippen LogP) is 2.04. The van der Waals surface area contributed by atoms with Crippen LogP contribution in [0.5, 0.6) is 11.5 Å². The summed E-state index contributed by atoms with van der Waals surface area (Å²) in [5, 5.41) is 12.1. The molecule has 5 heteroatoms. The first-order valence-corrected chi connectivity index (χ1v) is 6.67. The molecule has 0 aliphatic carbocycles. The molecule has 0 heterocycles. The zero-order valence-electron chi connectivity index (χ0n) is 12.5. The maximum Gasteiger partial charge on any atom is 0.220 e. The maximum atomic E-state index is 11.8. The van der Waals surface area contributed by atoms with Crippen LogP contribution in [0.2, 0.25) is 0 Å². The number of hydrogen-bond donors (Lipinski definition) is 2. The lowest BCUT2D eigenvalue weighted by atomic mass is 10.1. The van der Waals surface area contributed by atoms with Crippen molar-refractivity contribution in [2.24, 2.45) is 0 Å². The highest BCUT2D eigenvalue weighted by Crippen LogP contribution is 2.29. The molecule has 1 rings (SSSR count). The fourth-order valence-corrected chi connectivity index (χ4v) is 1.91. The van der Waals surface area contributed by atoms with Crippen molar-refractivity contribution < 1.29 is 19.4 Å². The minimum atomic E-state index is -0.466. The molecule has 20 heavy (non-hydrogen) atoms. The molecule has 0 aromatic heterocycles. The summed E-state index contributed by atoms with van der Waals surface area (Å²) in [6, 6.07) is 5.32. The highest BCUT2D eigenvalue weighted by Gasteiger charge is 2.15. The summed E-state index contributed by atoms with van der Waals surface area (Å²) in [4.78, 5) is 11.8. The minimum Gasteiger partial charge on any atom is -0.497 e. The van der Waals surface area contributed by atoms with Gasteiger partial charge in [0.15, 0.2) is 0 Å². The average Bonchev–Trinajstić information content (AvgIpc) is 2.44. The van der Waals surface area contributed by atoms with Gasteiger partial charge in [-0.2, -0.15) is 0 Å². The quantitative estimate of drug-likeness (QED) is 0.802. The van der Waals surface area contributed by atoms with E-state index in [1.165, 1.54) is 0 Å². The Bertz CT molecular complexity index is 445. The van der Waals surface area contributed by atoms with E-state index in [0.717, 1.165) is 5.56 Å². The lowest BCUT2D eigenvalue weighted by Gasteiger charge is -2.18. The van der Waals surface area contributed by atoms with Gasteiger partial charge in [-0.25, -0.2) is 0 Å². The Morgan fingerprint density at radius 3 is 2.55 bits per heavy atom. The van der Waals surface area contributed by atoms with Gasteiger partial charge in [-0.15, -0.1) is 0 Å². The van der Waals surface area contributed by atoms with E-state index in [2.05, 4.69) is 5.32 Å². The van der Waals surface area contributed by atoms with Crippen molar-refractivity contribution in [3.8, 4) is 11.5 Å². The third-order valence-electron chi connectivity index (χ3n) is 3.07. The van der Waals surface area contributed by atoms with Crippen molar-refractivity contribution in [2.45, 2.75) is 38.8 Å². The van der Waals surface area contributed by atoms with Gasteiger partial charge >= 0.3 is 0 Å². The van der Waals surface area contributed by atoms with Gasteiger partial charge in [-0.05, 0) is 32.4 Å². The van der Waals surface area contributed by atoms with E-state index >= 15 is 0 Å². The van der Waals surface area contributed by atoms with Gasteiger partial charge in [0.25, 0.3) is 0 Å². The molecule has 5 nitrogen and oxygen atoms in total. The molecule has 0 bridgehead atoms. The molecular formula is C15H23NO4. The highest BCUT2D eigenvalue weighted by molar-refractivity contribution is 5.76. The summed E-state index contributed by atoms with van der Waals surface area (Å²) in [6.45, 7) is 3.56. The summed E-state index contributed by atoms with van der Waals surface area (Å²) >= 11 is 0. The van der Waals surface area contributed by atoms with Gasteiger partial charge in [-0.1, -0.05) is 0 Å². The topological polar surface area (TPSA) is 67.8 Å². The molecule has 1 aromatic carbocycles. The second kappa shape index (κ2) is 7.75. The number of carbonyl (C=O) groups excluding carboxylic acids is 1. The Kier molecular flexibility index (Phi) is 6.31. The molecule has 1 amide bonds. The van der Waals surface area contributed by atoms with E-state index in [9.17, 15) is 9.90 Å². The molecule has 0 spiro atoms. The largest absolute Gasteiger partial charge is 0.497 e. The molecule has 2 unspecified atom stereocenters. The number of benzene rings is 1. The minimum absolute atomic E-state index is 0.0868. The first kappa shape index (κ1) is 16.3. The van der Waals surface area contributed by atoms with E-state index in [0.29, 0.717) is 24.3 Å². The Morgan fingerprint density at radius 2 is 2.00 bits per heavy atom. The zero-order valence-corrected chi connectivity index (χ0v) is 12.5. The normalized spacial score (nSPS) is 13.4. The first-order chi connectivity index (χ1) is 9.47. The first-order valence-electron chi connectivity index (χ1n) is 6.67. The van der Waals surface area contributed by atoms with E-state index in [-0.39, 0.29) is 11.9 Å². The second-order valence-electron chi connectivity index (χ2n) is 4.78. The smallest absolute Gasteiger partial charge is 0.220 e. The zero-order chi connectivity index (χ0) is 15.1. The van der Waals surface area contributed by atoms with Crippen molar-refractivity contribution in [3.63, 3.8) is 0 Å². The average molecular weight is 281 g/mol. The van der Waals surface area contributed by atoms with Crippen LogP contribution in [0.4, 0.5) is 0 Å². The van der Waals surface area contributed by atoms with Crippen LogP contribution in [0.15, 0.2) is 18.2 Å². The molecular weight excluding hydrogens is 258 g/mol. The number of rotatable bonds is 7. The molecule has 0 saturated carbocycles. The van der Waals surface area contributed by atoms with Crippen molar-refractivity contribution in [2.75, 3.05) is 14.2 Å². The van der Waals surface area contributed by atoms with Crippen molar-refractivity contribution in [1.82, 2.24) is 5.32 Å². The van der Waals surface area contributed by atoms with Gasteiger partial charge in [0.05, 0.1) is 26.4 Å². The number of hydrogen-bond acceptors (Lipinski definition) is 4. The van der Waals surface area contributed by atoms with Crippen LogP contribution in [0.1, 0.15) is 38.3 Å². The molecule has 1 aromatic rings. The van der Waals surface area contributed by atoms with Crippen molar-refractivity contribution in [3.05, 3.63) is 23.8 Å². The third kappa shape index (κ3) is 4.74. The summed E-state index contributed by atoms with van der Waals surface area (Å²) in [5.74, 6) is 1.29. The number of aliphatic hydroxyl groups is 1. The van der Waals surface area contributed by atoms with Gasteiger partial charge in [0, 0.05) is 18.1 Å². The summed E-state index contributed by atoms with van der Waals surface area (Å²) in [5.41, 5.74) is 0.888. The lowest BCUT2D eigenvalue weighted by Crippen LogP contribution is -2.27. The number of amides is 1. The summed E-state index contributed by atoms with van der Waals surface area (Å²) in [6.07, 6.45) is 0.297. The number of aliphatic hydroxyl groups excluding tert-OH is 1. The number of methoxy groups -OCH3 is 2. The number of carbonyl (C=O) groups is 1. The molecule has 0 aliphatic rings. The Labute approximate surface area is 119 Å². The molecule has 0 saturated heterocycles. The summed E-state index contributed by atoms with van der Waals surface area (Å²) < 4.78 is 10.5. The lowest BCUT2D eigenvalue weighted by molar-refractivity contribution is -0.122. The van der Waals surface area contributed by atoms with Crippen LogP contribution in [0.3, 0.4) is 0 Å². The SMILES string of the molecule is COc1ccc(C(C)NC(=O)CCC(C)O)c(OC)c1. The maximum absolute atomic E-state index is 11.8. The highest BCUT2D eigenvalue weighted by atomic mass is 16.5. The van der Waals surface area contributed by atoms with Crippen LogP contribution in [-0.2, 0) is 4.79 Å². The van der Waals surface area contributed by atoms with E-state index in [1.807, 2.05) is 19.1 Å². The number of nitrogens with one attached hydrogen (secondary N) is 1. The molecule has 0 radical (unpaired) electrons. The Balaban J connectivity index is 2.71. The van der Waals surface area contributed by atoms with E-state index in [4.69, 9.17) is 9.47 Å². The third-order valence-corrected chi connectivity index (χ3v) is 3.07. The van der Waals surface area contributed by atoms with E-state index < -0.39 is 6.10 Å². The van der Waals surface area contributed by atoms with Gasteiger partial charge in [0.2, 0.25) is 5.91 Å². The fraction of sp³-hybridized carbons (Fsp3) is 0.533. The molecule has 0 aliphatic heterocycles. The monoisotopic (exact) mass is 281 g/mol. The van der Waals surface area contributed by atoms with Crippen molar-refractivity contribution in [1.29, 1.82) is 0 Å². The van der Waals surface area contributed by atoms with Crippen LogP contribution >= 0.6 is 0 Å². The van der Waals surface area contributed by atoms with Crippen LogP contribution in [0.25, 0.3) is 0 Å². The molecule has 2 N–H and O–H groups in total. The number of ether oxygens (including phenoxy) is 2. The predicted molar refractivity (Wildman–Crippen MR) is 77.0 cm³/mol. The van der Waals surface area contributed by atoms with Gasteiger partial charge in [-0.3, -0.25) is 4.79 Å². The molecule has 112 valence electrons. The van der Waals surface area contributed by atoms with Crippen LogP contribution in [0, 0.1) is 0 Å². The Morgan fingerprint density at radius 1 is 1.30 bits per heavy atom. The summed E-state index contributed by atoms with van der Waals surface area (Å²) in [7, 11) is 3.18. The Hall–Kier alpha value is -1.75. The van der Waals surface area contributed by atoms with Gasteiger partial charge < -0.3 is 19.9 Å². The van der Waals surface area contributed by atoms with Crippen LogP contribution in [-0.4, -0.2) is 31.3 Å². The van der Waals surface area contributed by atoms with Crippen LogP contribution < -0.4 is 14.8 Å². The van der Waals surface area contributed by atoms with Gasteiger partial charge in [0.1, 0.15) is 11.5 Å². The molecule has 0 fully saturated rings. The standard InChI is InChI=1S/C15H23NO4/c1-10(17)5-8-15(18)16-11(2)13-7-6-12(19-3)9-14(13)20-4/h6-7,9-11,17H,5,8H2,1-4H3,(H,16,18). The second-order valence-corrected chi connectivity index (χ2v) is 4.78. The molecule has 2 atom stereocenters. The fourth-order valence-electron chi connectivity index (χ4n) is 1.91.